The number of rotatable bonds is 6. The number of carbonyl (C=O) groups is 1. The molecule has 8 nitrogen and oxygen atoms in total. The van der Waals surface area contributed by atoms with Crippen LogP contribution in [0.3, 0.4) is 0 Å². The van der Waals surface area contributed by atoms with Gasteiger partial charge in [0, 0.05) is 31.2 Å². The minimum atomic E-state index is -0.103. The van der Waals surface area contributed by atoms with Crippen molar-refractivity contribution in [1.82, 2.24) is 31.2 Å². The SMILES string of the molecule is COCC(=O)NC1NNC2CCC(c3cn(Cc4ccccc4)nn3)CC21. The van der Waals surface area contributed by atoms with E-state index in [1.54, 1.807) is 0 Å². The molecule has 4 unspecified atom stereocenters. The van der Waals surface area contributed by atoms with Gasteiger partial charge in [-0.2, -0.15) is 0 Å². The Kier molecular flexibility index (Phi) is 5.47. The van der Waals surface area contributed by atoms with Gasteiger partial charge >= 0.3 is 0 Å². The van der Waals surface area contributed by atoms with Crippen molar-refractivity contribution in [3.05, 3.63) is 47.8 Å². The molecule has 27 heavy (non-hydrogen) atoms. The molecule has 2 fully saturated rings. The van der Waals surface area contributed by atoms with Crippen LogP contribution in [0.4, 0.5) is 0 Å². The van der Waals surface area contributed by atoms with Gasteiger partial charge in [0.15, 0.2) is 0 Å². The molecule has 1 saturated carbocycles. The average molecular weight is 370 g/mol. The van der Waals surface area contributed by atoms with Gasteiger partial charge in [-0.05, 0) is 24.8 Å². The summed E-state index contributed by atoms with van der Waals surface area (Å²) in [5.74, 6) is 0.580. The molecule has 1 aromatic carbocycles. The standard InChI is InChI=1S/C19H26N6O2/c1-27-12-18(26)20-19-15-9-14(7-8-16(15)21-23-19)17-11-25(24-22-17)10-13-5-3-2-4-6-13/h2-6,11,14-16,19,21,23H,7-10,12H2,1H3,(H,20,26). The summed E-state index contributed by atoms with van der Waals surface area (Å²) in [7, 11) is 1.53. The predicted octanol–water partition coefficient (Wildman–Crippen LogP) is 0.775. The molecule has 4 rings (SSSR count). The summed E-state index contributed by atoms with van der Waals surface area (Å²) in [5.41, 5.74) is 8.79. The van der Waals surface area contributed by atoms with Gasteiger partial charge in [-0.15, -0.1) is 5.10 Å². The quantitative estimate of drug-likeness (QED) is 0.696. The first kappa shape index (κ1) is 18.1. The van der Waals surface area contributed by atoms with Crippen molar-refractivity contribution in [2.45, 2.75) is 43.9 Å². The molecule has 1 aliphatic carbocycles. The zero-order chi connectivity index (χ0) is 18.6. The topological polar surface area (TPSA) is 93.1 Å². The molecule has 1 saturated heterocycles. The fraction of sp³-hybridized carbons (Fsp3) is 0.526. The highest BCUT2D eigenvalue weighted by Crippen LogP contribution is 2.38. The first-order valence-corrected chi connectivity index (χ1v) is 9.46. The molecule has 2 heterocycles. The summed E-state index contributed by atoms with van der Waals surface area (Å²) >= 11 is 0. The second-order valence-electron chi connectivity index (χ2n) is 7.37. The number of methoxy groups -OCH3 is 1. The Morgan fingerprint density at radius 1 is 1.30 bits per heavy atom. The lowest BCUT2D eigenvalue weighted by Crippen LogP contribution is -2.48. The molecule has 0 spiro atoms. The number of nitrogens with zero attached hydrogens (tertiary/aromatic N) is 3. The number of hydrogen-bond acceptors (Lipinski definition) is 6. The molecule has 0 bridgehead atoms. The Hall–Kier alpha value is -2.29. The van der Waals surface area contributed by atoms with E-state index in [4.69, 9.17) is 4.74 Å². The van der Waals surface area contributed by atoms with Crippen LogP contribution in [0.25, 0.3) is 0 Å². The lowest BCUT2D eigenvalue weighted by Gasteiger charge is -2.32. The minimum absolute atomic E-state index is 0.0762. The number of fused-ring (bicyclic) bond motifs is 1. The second kappa shape index (κ2) is 8.16. The van der Waals surface area contributed by atoms with Gasteiger partial charge in [-0.1, -0.05) is 35.5 Å². The number of nitrogens with one attached hydrogen (secondary N) is 3. The Balaban J connectivity index is 1.39. The highest BCUT2D eigenvalue weighted by atomic mass is 16.5. The van der Waals surface area contributed by atoms with E-state index in [0.29, 0.717) is 17.9 Å². The normalized spacial score (nSPS) is 27.3. The van der Waals surface area contributed by atoms with Crippen LogP contribution >= 0.6 is 0 Å². The fourth-order valence-corrected chi connectivity index (χ4v) is 4.16. The molecule has 0 radical (unpaired) electrons. The van der Waals surface area contributed by atoms with Crippen LogP contribution in [0.1, 0.15) is 36.4 Å². The number of carbonyl (C=O) groups excluding carboxylic acids is 1. The molecule has 144 valence electrons. The highest BCUT2D eigenvalue weighted by molar-refractivity contribution is 5.77. The lowest BCUT2D eigenvalue weighted by molar-refractivity contribution is -0.125. The number of hydrazine groups is 1. The summed E-state index contributed by atoms with van der Waals surface area (Å²) in [6.45, 7) is 0.804. The van der Waals surface area contributed by atoms with Gasteiger partial charge in [-0.25, -0.2) is 10.1 Å². The van der Waals surface area contributed by atoms with Crippen LogP contribution in [0.15, 0.2) is 36.5 Å². The number of hydrogen-bond donors (Lipinski definition) is 3. The van der Waals surface area contributed by atoms with E-state index in [0.717, 1.165) is 31.5 Å². The van der Waals surface area contributed by atoms with Crippen molar-refractivity contribution >= 4 is 5.91 Å². The van der Waals surface area contributed by atoms with E-state index >= 15 is 0 Å². The van der Waals surface area contributed by atoms with Gasteiger partial charge in [0.25, 0.3) is 0 Å². The maximum atomic E-state index is 11.9. The maximum Gasteiger partial charge on any atom is 0.247 e. The highest BCUT2D eigenvalue weighted by Gasteiger charge is 2.41. The molecule has 2 aliphatic rings. The number of benzene rings is 1. The molecule has 1 aromatic heterocycles. The molecule has 8 heteroatoms. The molecule has 4 atom stereocenters. The van der Waals surface area contributed by atoms with Gasteiger partial charge < -0.3 is 10.1 Å². The van der Waals surface area contributed by atoms with Gasteiger partial charge in [0.1, 0.15) is 6.61 Å². The average Bonchev–Trinajstić information content (AvgIpc) is 3.30. The maximum absolute atomic E-state index is 11.9. The molecular formula is C19H26N6O2. The minimum Gasteiger partial charge on any atom is -0.375 e. The van der Waals surface area contributed by atoms with Crippen LogP contribution < -0.4 is 16.2 Å². The van der Waals surface area contributed by atoms with E-state index in [1.165, 1.54) is 12.7 Å². The van der Waals surface area contributed by atoms with E-state index in [2.05, 4.69) is 44.8 Å². The zero-order valence-electron chi connectivity index (χ0n) is 15.5. The van der Waals surface area contributed by atoms with Gasteiger partial charge in [0.05, 0.1) is 18.4 Å². The van der Waals surface area contributed by atoms with E-state index in [9.17, 15) is 4.79 Å². The molecular weight excluding hydrogens is 344 g/mol. The molecule has 3 N–H and O–H groups in total. The van der Waals surface area contributed by atoms with Crippen LogP contribution in [0, 0.1) is 5.92 Å². The van der Waals surface area contributed by atoms with Crippen molar-refractivity contribution in [3.8, 4) is 0 Å². The predicted molar refractivity (Wildman–Crippen MR) is 99.5 cm³/mol. The van der Waals surface area contributed by atoms with E-state index < -0.39 is 0 Å². The van der Waals surface area contributed by atoms with Crippen molar-refractivity contribution in [1.29, 1.82) is 0 Å². The monoisotopic (exact) mass is 370 g/mol. The van der Waals surface area contributed by atoms with Crippen LogP contribution in [0.5, 0.6) is 0 Å². The smallest absolute Gasteiger partial charge is 0.247 e. The van der Waals surface area contributed by atoms with Crippen molar-refractivity contribution in [3.63, 3.8) is 0 Å². The summed E-state index contributed by atoms with van der Waals surface area (Å²) in [6.07, 6.45) is 5.06. The molecule has 2 aromatic rings. The summed E-state index contributed by atoms with van der Waals surface area (Å²) < 4.78 is 6.81. The van der Waals surface area contributed by atoms with Crippen molar-refractivity contribution in [2.75, 3.05) is 13.7 Å². The second-order valence-corrected chi connectivity index (χ2v) is 7.37. The van der Waals surface area contributed by atoms with Crippen molar-refractivity contribution in [2.24, 2.45) is 5.92 Å². The first-order valence-electron chi connectivity index (χ1n) is 9.46. The van der Waals surface area contributed by atoms with Gasteiger partial charge in [0.2, 0.25) is 5.91 Å². The van der Waals surface area contributed by atoms with Crippen LogP contribution in [0.2, 0.25) is 0 Å². The van der Waals surface area contributed by atoms with Crippen molar-refractivity contribution < 1.29 is 9.53 Å². The Bertz CT molecular complexity index is 765. The Morgan fingerprint density at radius 3 is 2.96 bits per heavy atom. The summed E-state index contributed by atoms with van der Waals surface area (Å²) in [5, 5.41) is 11.8. The van der Waals surface area contributed by atoms with E-state index in [1.807, 2.05) is 22.9 Å². The Morgan fingerprint density at radius 2 is 2.15 bits per heavy atom. The third kappa shape index (κ3) is 4.18. The molecule has 1 aliphatic heterocycles. The third-order valence-corrected chi connectivity index (χ3v) is 5.51. The third-order valence-electron chi connectivity index (χ3n) is 5.51. The molecule has 1 amide bonds. The summed E-state index contributed by atoms with van der Waals surface area (Å²) in [6, 6.07) is 10.6. The van der Waals surface area contributed by atoms with Crippen LogP contribution in [-0.4, -0.2) is 46.8 Å². The van der Waals surface area contributed by atoms with E-state index in [-0.39, 0.29) is 18.7 Å². The number of ether oxygens (including phenoxy) is 1. The zero-order valence-corrected chi connectivity index (χ0v) is 15.5. The lowest BCUT2D eigenvalue weighted by atomic mass is 9.76. The fourth-order valence-electron chi connectivity index (χ4n) is 4.16. The van der Waals surface area contributed by atoms with Gasteiger partial charge in [-0.3, -0.25) is 10.2 Å². The van der Waals surface area contributed by atoms with Crippen LogP contribution in [-0.2, 0) is 16.1 Å². The number of amides is 1. The number of aromatic nitrogens is 3. The first-order chi connectivity index (χ1) is 13.2. The largest absolute Gasteiger partial charge is 0.375 e. The Labute approximate surface area is 158 Å². The summed E-state index contributed by atoms with van der Waals surface area (Å²) in [4.78, 5) is 11.9.